The Balaban J connectivity index is 1.47. The molecule has 12 heteroatoms. The second-order valence-electron chi connectivity index (χ2n) is 7.49. The number of carbonyl (C=O) groups excluding carboxylic acids is 3. The molecule has 0 unspecified atom stereocenters. The predicted molar refractivity (Wildman–Crippen MR) is 137 cm³/mol. The Morgan fingerprint density at radius 1 is 1.08 bits per heavy atom. The minimum atomic E-state index is -0.661. The van der Waals surface area contributed by atoms with Crippen molar-refractivity contribution in [1.82, 2.24) is 10.2 Å². The zero-order valence-corrected chi connectivity index (χ0v) is 22.3. The fourth-order valence-corrected chi connectivity index (χ4v) is 4.61. The summed E-state index contributed by atoms with van der Waals surface area (Å²) in [6.45, 7) is 0.0363. The molecule has 0 atom stereocenters. The van der Waals surface area contributed by atoms with Gasteiger partial charge in [-0.2, -0.15) is 0 Å². The van der Waals surface area contributed by atoms with Gasteiger partial charge in [0.2, 0.25) is 5.76 Å². The van der Waals surface area contributed by atoms with Crippen LogP contribution in [0.3, 0.4) is 0 Å². The maximum absolute atomic E-state index is 12.8. The maximum atomic E-state index is 12.8. The SMILES string of the molecule is COC(=O)c1ccc(CN2C(=O)N/C(=C\c3cc(Cl)c(OCc4ccc(Cl)c(Cl)c4)c(Br)c3)C2=O)o1. The van der Waals surface area contributed by atoms with Gasteiger partial charge in [-0.15, -0.1) is 0 Å². The van der Waals surface area contributed by atoms with E-state index in [0.717, 1.165) is 10.5 Å². The van der Waals surface area contributed by atoms with E-state index in [1.807, 2.05) is 0 Å². The van der Waals surface area contributed by atoms with E-state index in [0.29, 0.717) is 25.8 Å². The number of benzene rings is 2. The highest BCUT2D eigenvalue weighted by Crippen LogP contribution is 2.36. The van der Waals surface area contributed by atoms with Gasteiger partial charge in [0, 0.05) is 0 Å². The topological polar surface area (TPSA) is 98.1 Å². The molecule has 8 nitrogen and oxygen atoms in total. The molecule has 4 rings (SSSR count). The summed E-state index contributed by atoms with van der Waals surface area (Å²) in [6, 6.07) is 10.7. The normalized spacial score (nSPS) is 14.4. The van der Waals surface area contributed by atoms with Crippen LogP contribution in [0.15, 0.2) is 57.1 Å². The van der Waals surface area contributed by atoms with Crippen LogP contribution in [0.25, 0.3) is 6.08 Å². The van der Waals surface area contributed by atoms with E-state index in [9.17, 15) is 14.4 Å². The van der Waals surface area contributed by atoms with Crippen molar-refractivity contribution in [2.45, 2.75) is 13.2 Å². The van der Waals surface area contributed by atoms with Crippen molar-refractivity contribution in [2.24, 2.45) is 0 Å². The minimum absolute atomic E-state index is 0.0312. The first-order valence-corrected chi connectivity index (χ1v) is 12.2. The Kier molecular flexibility index (Phi) is 7.94. The van der Waals surface area contributed by atoms with E-state index >= 15 is 0 Å². The lowest BCUT2D eigenvalue weighted by molar-refractivity contribution is -0.123. The fourth-order valence-electron chi connectivity index (χ4n) is 3.30. The van der Waals surface area contributed by atoms with Crippen molar-refractivity contribution in [3.63, 3.8) is 0 Å². The average Bonchev–Trinajstić information content (AvgIpc) is 3.41. The summed E-state index contributed by atoms with van der Waals surface area (Å²) in [5.41, 5.74) is 1.39. The van der Waals surface area contributed by atoms with Crippen LogP contribution in [0, 0.1) is 0 Å². The number of ether oxygens (including phenoxy) is 2. The summed E-state index contributed by atoms with van der Waals surface area (Å²) in [5, 5.41) is 3.67. The monoisotopic (exact) mass is 612 g/mol. The molecule has 1 N–H and O–H groups in total. The highest BCUT2D eigenvalue weighted by molar-refractivity contribution is 9.10. The van der Waals surface area contributed by atoms with Crippen LogP contribution in [-0.4, -0.2) is 29.9 Å². The molecule has 1 aliphatic heterocycles. The van der Waals surface area contributed by atoms with E-state index in [1.165, 1.54) is 25.3 Å². The highest BCUT2D eigenvalue weighted by Gasteiger charge is 2.34. The molecule has 3 amide bonds. The quantitative estimate of drug-likeness (QED) is 0.186. The summed E-state index contributed by atoms with van der Waals surface area (Å²) < 4.78 is 16.3. The van der Waals surface area contributed by atoms with Crippen LogP contribution in [0.1, 0.15) is 27.4 Å². The standard InChI is InChI=1S/C24H16BrCl3N2O6/c1-34-23(32)20-5-3-14(36-20)10-30-22(31)19(29-24(30)33)9-13-6-15(25)21(18(28)8-13)35-11-12-2-4-16(26)17(27)7-12/h2-9H,10-11H2,1H3,(H,29,33)/b19-9-. The Hall–Kier alpha value is -2.98. The van der Waals surface area contributed by atoms with Crippen LogP contribution in [0.4, 0.5) is 4.79 Å². The molecular weight excluding hydrogens is 599 g/mol. The molecule has 0 radical (unpaired) electrons. The molecule has 2 heterocycles. The van der Waals surface area contributed by atoms with E-state index in [-0.39, 0.29) is 35.4 Å². The van der Waals surface area contributed by atoms with Crippen molar-refractivity contribution in [1.29, 1.82) is 0 Å². The number of methoxy groups -OCH3 is 1. The first kappa shape index (κ1) is 26.1. The number of halogens is 4. The van der Waals surface area contributed by atoms with Gasteiger partial charge in [0.05, 0.1) is 33.2 Å². The number of urea groups is 1. The van der Waals surface area contributed by atoms with E-state index in [4.69, 9.17) is 44.0 Å². The predicted octanol–water partition coefficient (Wildman–Crippen LogP) is 6.46. The highest BCUT2D eigenvalue weighted by atomic mass is 79.9. The molecule has 0 aliphatic carbocycles. The Morgan fingerprint density at radius 3 is 2.56 bits per heavy atom. The molecule has 1 aromatic heterocycles. The van der Waals surface area contributed by atoms with Gasteiger partial charge in [-0.1, -0.05) is 40.9 Å². The second-order valence-corrected chi connectivity index (χ2v) is 9.56. The van der Waals surface area contributed by atoms with Gasteiger partial charge in [-0.25, -0.2) is 9.59 Å². The number of imide groups is 1. The molecule has 36 heavy (non-hydrogen) atoms. The number of esters is 1. The van der Waals surface area contributed by atoms with E-state index in [2.05, 4.69) is 26.0 Å². The molecule has 1 aliphatic rings. The van der Waals surface area contributed by atoms with Crippen LogP contribution < -0.4 is 10.1 Å². The molecule has 0 spiro atoms. The smallest absolute Gasteiger partial charge is 0.373 e. The first-order valence-electron chi connectivity index (χ1n) is 10.2. The third-order valence-corrected chi connectivity index (χ3v) is 6.63. The third-order valence-electron chi connectivity index (χ3n) is 5.02. The summed E-state index contributed by atoms with van der Waals surface area (Å²) in [6.07, 6.45) is 1.49. The van der Waals surface area contributed by atoms with Crippen LogP contribution in [-0.2, 0) is 22.7 Å². The number of hydrogen-bond acceptors (Lipinski definition) is 6. The van der Waals surface area contributed by atoms with Gasteiger partial charge in [0.25, 0.3) is 5.91 Å². The zero-order chi connectivity index (χ0) is 26.0. The van der Waals surface area contributed by atoms with E-state index < -0.39 is 17.9 Å². The number of furan rings is 1. The lowest BCUT2D eigenvalue weighted by Crippen LogP contribution is -2.30. The van der Waals surface area contributed by atoms with E-state index in [1.54, 1.807) is 30.3 Å². The van der Waals surface area contributed by atoms with Gasteiger partial charge in [0.15, 0.2) is 5.75 Å². The van der Waals surface area contributed by atoms with Crippen LogP contribution >= 0.6 is 50.7 Å². The van der Waals surface area contributed by atoms with Gasteiger partial charge in [0.1, 0.15) is 18.1 Å². The summed E-state index contributed by atoms with van der Waals surface area (Å²) in [7, 11) is 1.22. The Labute approximate surface area is 228 Å². The van der Waals surface area contributed by atoms with Crippen molar-refractivity contribution in [3.8, 4) is 5.75 Å². The number of amides is 3. The van der Waals surface area contributed by atoms with Crippen molar-refractivity contribution >= 4 is 74.7 Å². The summed E-state index contributed by atoms with van der Waals surface area (Å²) >= 11 is 21.8. The minimum Gasteiger partial charge on any atom is -0.486 e. The first-order chi connectivity index (χ1) is 17.2. The molecular formula is C24H16BrCl3N2O6. The van der Waals surface area contributed by atoms with Crippen molar-refractivity contribution in [3.05, 3.63) is 90.3 Å². The number of rotatable bonds is 7. The summed E-state index contributed by atoms with van der Waals surface area (Å²) in [5.74, 6) is -0.618. The molecule has 1 saturated heterocycles. The second kappa shape index (κ2) is 11.0. The van der Waals surface area contributed by atoms with Gasteiger partial charge in [-0.05, 0) is 69.5 Å². The van der Waals surface area contributed by atoms with Crippen LogP contribution in [0.2, 0.25) is 15.1 Å². The molecule has 3 aromatic rings. The number of carbonyl (C=O) groups is 3. The largest absolute Gasteiger partial charge is 0.486 e. The number of nitrogens with zero attached hydrogens (tertiary/aromatic N) is 1. The molecule has 186 valence electrons. The van der Waals surface area contributed by atoms with Gasteiger partial charge in [-0.3, -0.25) is 9.69 Å². The molecule has 0 saturated carbocycles. The average molecular weight is 615 g/mol. The molecule has 2 aromatic carbocycles. The van der Waals surface area contributed by atoms with Crippen LogP contribution in [0.5, 0.6) is 5.75 Å². The zero-order valence-electron chi connectivity index (χ0n) is 18.4. The molecule has 0 bridgehead atoms. The Morgan fingerprint density at radius 2 is 1.86 bits per heavy atom. The fraction of sp³-hybridized carbons (Fsp3) is 0.125. The third kappa shape index (κ3) is 5.70. The lowest BCUT2D eigenvalue weighted by Gasteiger charge is -2.12. The summed E-state index contributed by atoms with van der Waals surface area (Å²) in [4.78, 5) is 37.7. The van der Waals surface area contributed by atoms with Crippen molar-refractivity contribution < 1.29 is 28.3 Å². The lowest BCUT2D eigenvalue weighted by atomic mass is 10.1. The number of hydrogen-bond donors (Lipinski definition) is 1. The maximum Gasteiger partial charge on any atom is 0.373 e. The molecule has 1 fully saturated rings. The Bertz CT molecular complexity index is 1380. The number of nitrogens with one attached hydrogen (secondary N) is 1. The van der Waals surface area contributed by atoms with Gasteiger partial charge < -0.3 is 19.2 Å². The van der Waals surface area contributed by atoms with Crippen molar-refractivity contribution in [2.75, 3.05) is 7.11 Å². The van der Waals surface area contributed by atoms with Gasteiger partial charge >= 0.3 is 12.0 Å².